The van der Waals surface area contributed by atoms with Gasteiger partial charge in [0.25, 0.3) is 0 Å². The van der Waals surface area contributed by atoms with Crippen LogP contribution in [0.3, 0.4) is 0 Å². The van der Waals surface area contributed by atoms with Crippen LogP contribution in [0.1, 0.15) is 32.3 Å². The summed E-state index contributed by atoms with van der Waals surface area (Å²) in [6.07, 6.45) is 1.91. The van der Waals surface area contributed by atoms with Crippen LogP contribution in [0.25, 0.3) is 0 Å². The van der Waals surface area contributed by atoms with Gasteiger partial charge in [0.1, 0.15) is 0 Å². The molecular weight excluding hydrogens is 342 g/mol. The molecule has 1 unspecified atom stereocenters. The molecule has 6 heteroatoms. The highest BCUT2D eigenvalue weighted by molar-refractivity contribution is 5.95. The van der Waals surface area contributed by atoms with Gasteiger partial charge in [-0.1, -0.05) is 26.0 Å². The largest absolute Gasteiger partial charge is 0.379 e. The minimum absolute atomic E-state index is 0.0407. The third-order valence-corrected chi connectivity index (χ3v) is 5.48. The number of hydrogen-bond acceptors (Lipinski definition) is 4. The maximum absolute atomic E-state index is 12.4. The number of rotatable bonds is 7. The number of anilines is 1. The maximum atomic E-state index is 12.4. The normalized spacial score (nSPS) is 19.5. The molecule has 0 saturated carbocycles. The molecule has 1 N–H and O–H groups in total. The van der Waals surface area contributed by atoms with Crippen molar-refractivity contribution in [3.63, 3.8) is 0 Å². The molecule has 2 fully saturated rings. The lowest BCUT2D eigenvalue weighted by Gasteiger charge is -2.36. The zero-order valence-electron chi connectivity index (χ0n) is 16.4. The summed E-state index contributed by atoms with van der Waals surface area (Å²) in [5.41, 5.74) is 1.89. The van der Waals surface area contributed by atoms with Crippen LogP contribution in [0.4, 0.5) is 5.69 Å². The van der Waals surface area contributed by atoms with E-state index in [-0.39, 0.29) is 11.8 Å². The first-order chi connectivity index (χ1) is 13.0. The highest BCUT2D eigenvalue weighted by atomic mass is 16.5. The zero-order valence-corrected chi connectivity index (χ0v) is 16.4. The first-order valence-electron chi connectivity index (χ1n) is 10.0. The van der Waals surface area contributed by atoms with Crippen molar-refractivity contribution in [2.24, 2.45) is 5.92 Å². The number of nitrogens with zero attached hydrogens (tertiary/aromatic N) is 2. The van der Waals surface area contributed by atoms with Gasteiger partial charge in [0.2, 0.25) is 11.8 Å². The summed E-state index contributed by atoms with van der Waals surface area (Å²) in [6.45, 7) is 9.24. The predicted octanol–water partition coefficient (Wildman–Crippen LogP) is 1.83. The van der Waals surface area contributed by atoms with Crippen molar-refractivity contribution in [1.29, 1.82) is 0 Å². The number of hydrogen-bond donors (Lipinski definition) is 1. The third-order valence-electron chi connectivity index (χ3n) is 5.48. The van der Waals surface area contributed by atoms with Crippen LogP contribution in [-0.2, 0) is 20.7 Å². The lowest BCUT2D eigenvalue weighted by atomic mass is 10.0. The Labute approximate surface area is 161 Å². The summed E-state index contributed by atoms with van der Waals surface area (Å²) in [6, 6.07) is 8.11. The number of amides is 2. The number of carbonyl (C=O) groups excluding carboxylic acids is 2. The highest BCUT2D eigenvalue weighted by Crippen LogP contribution is 2.21. The van der Waals surface area contributed by atoms with Crippen LogP contribution < -0.4 is 10.2 Å². The van der Waals surface area contributed by atoms with Gasteiger partial charge in [-0.05, 0) is 30.0 Å². The molecule has 1 aromatic rings. The molecule has 2 amide bonds. The zero-order chi connectivity index (χ0) is 19.2. The van der Waals surface area contributed by atoms with Crippen LogP contribution in [0.5, 0.6) is 0 Å². The monoisotopic (exact) mass is 373 g/mol. The van der Waals surface area contributed by atoms with E-state index in [1.54, 1.807) is 0 Å². The van der Waals surface area contributed by atoms with Crippen molar-refractivity contribution < 1.29 is 14.3 Å². The lowest BCUT2D eigenvalue weighted by molar-refractivity contribution is -0.121. The fourth-order valence-electron chi connectivity index (χ4n) is 3.88. The Balaban J connectivity index is 1.50. The van der Waals surface area contributed by atoms with Crippen LogP contribution in [-0.4, -0.2) is 62.1 Å². The number of morpholine rings is 1. The highest BCUT2D eigenvalue weighted by Gasteiger charge is 2.24. The molecule has 2 saturated heterocycles. The van der Waals surface area contributed by atoms with Crippen LogP contribution >= 0.6 is 0 Å². The van der Waals surface area contributed by atoms with Gasteiger partial charge in [-0.15, -0.1) is 0 Å². The SMILES string of the molecule is CC(C)C(CNC(=O)Cc1ccc(N2CCCC2=O)cc1)N1CCOCC1. The van der Waals surface area contributed by atoms with Gasteiger partial charge in [-0.2, -0.15) is 0 Å². The van der Waals surface area contributed by atoms with Gasteiger partial charge in [0, 0.05) is 44.3 Å². The van der Waals surface area contributed by atoms with E-state index in [4.69, 9.17) is 4.74 Å². The molecule has 2 aliphatic rings. The van der Waals surface area contributed by atoms with Crippen molar-refractivity contribution in [2.45, 2.75) is 39.2 Å². The summed E-state index contributed by atoms with van der Waals surface area (Å²) in [5, 5.41) is 3.10. The Bertz CT molecular complexity index is 639. The van der Waals surface area contributed by atoms with Gasteiger partial charge in [-0.25, -0.2) is 0 Å². The average Bonchev–Trinajstić information content (AvgIpc) is 3.09. The van der Waals surface area contributed by atoms with Gasteiger partial charge in [0.05, 0.1) is 19.6 Å². The van der Waals surface area contributed by atoms with E-state index in [1.165, 1.54) is 0 Å². The Morgan fingerprint density at radius 2 is 1.85 bits per heavy atom. The Morgan fingerprint density at radius 1 is 1.15 bits per heavy atom. The molecular formula is C21H31N3O3. The van der Waals surface area contributed by atoms with Crippen LogP contribution in [0, 0.1) is 5.92 Å². The quantitative estimate of drug-likeness (QED) is 0.792. The molecule has 6 nitrogen and oxygen atoms in total. The van der Waals surface area contributed by atoms with E-state index in [9.17, 15) is 9.59 Å². The fourth-order valence-corrected chi connectivity index (χ4v) is 3.88. The van der Waals surface area contributed by atoms with Gasteiger partial charge < -0.3 is 15.0 Å². The number of nitrogens with one attached hydrogen (secondary N) is 1. The van der Waals surface area contributed by atoms with Crippen molar-refractivity contribution in [1.82, 2.24) is 10.2 Å². The second-order valence-electron chi connectivity index (χ2n) is 7.76. The summed E-state index contributed by atoms with van der Waals surface area (Å²) in [4.78, 5) is 28.5. The number of ether oxygens (including phenoxy) is 1. The summed E-state index contributed by atoms with van der Waals surface area (Å²) in [7, 11) is 0. The van der Waals surface area contributed by atoms with Gasteiger partial charge in [0.15, 0.2) is 0 Å². The average molecular weight is 373 g/mol. The van der Waals surface area contributed by atoms with Crippen molar-refractivity contribution in [2.75, 3.05) is 44.3 Å². The Morgan fingerprint density at radius 3 is 2.44 bits per heavy atom. The Hall–Kier alpha value is -1.92. The summed E-state index contributed by atoms with van der Waals surface area (Å²) >= 11 is 0. The van der Waals surface area contributed by atoms with E-state index >= 15 is 0 Å². The first kappa shape index (κ1) is 19.8. The van der Waals surface area contributed by atoms with Crippen molar-refractivity contribution >= 4 is 17.5 Å². The molecule has 148 valence electrons. The van der Waals surface area contributed by atoms with Crippen molar-refractivity contribution in [3.8, 4) is 0 Å². The van der Waals surface area contributed by atoms with Crippen LogP contribution in [0.15, 0.2) is 24.3 Å². The molecule has 0 spiro atoms. The first-order valence-corrected chi connectivity index (χ1v) is 10.0. The second kappa shape index (κ2) is 9.33. The topological polar surface area (TPSA) is 61.9 Å². The molecule has 0 aliphatic carbocycles. The third kappa shape index (κ3) is 5.30. The number of benzene rings is 1. The van der Waals surface area contributed by atoms with Crippen molar-refractivity contribution in [3.05, 3.63) is 29.8 Å². The summed E-state index contributed by atoms with van der Waals surface area (Å²) in [5.74, 6) is 0.697. The molecule has 1 aromatic carbocycles. The lowest BCUT2D eigenvalue weighted by Crippen LogP contribution is -2.51. The molecule has 2 heterocycles. The molecule has 1 atom stereocenters. The van der Waals surface area contributed by atoms with E-state index in [2.05, 4.69) is 24.1 Å². The molecule has 0 radical (unpaired) electrons. The van der Waals surface area contributed by atoms with E-state index in [1.807, 2.05) is 29.2 Å². The molecule has 3 rings (SSSR count). The van der Waals surface area contributed by atoms with E-state index in [0.717, 1.165) is 50.5 Å². The smallest absolute Gasteiger partial charge is 0.227 e. The molecule has 0 aromatic heterocycles. The van der Waals surface area contributed by atoms with E-state index < -0.39 is 0 Å². The predicted molar refractivity (Wildman–Crippen MR) is 106 cm³/mol. The second-order valence-corrected chi connectivity index (χ2v) is 7.76. The molecule has 27 heavy (non-hydrogen) atoms. The maximum Gasteiger partial charge on any atom is 0.227 e. The number of carbonyl (C=O) groups is 2. The van der Waals surface area contributed by atoms with E-state index in [0.29, 0.717) is 31.3 Å². The van der Waals surface area contributed by atoms with Gasteiger partial charge >= 0.3 is 0 Å². The summed E-state index contributed by atoms with van der Waals surface area (Å²) < 4.78 is 5.43. The van der Waals surface area contributed by atoms with Gasteiger partial charge in [-0.3, -0.25) is 14.5 Å². The standard InChI is InChI=1S/C21H31N3O3/c1-16(2)19(23-10-12-27-13-11-23)15-22-20(25)14-17-5-7-18(8-6-17)24-9-3-4-21(24)26/h5-8,16,19H,3-4,9-15H2,1-2H3,(H,22,25). The fraction of sp³-hybridized carbons (Fsp3) is 0.619. The molecule has 0 bridgehead atoms. The minimum atomic E-state index is 0.0407. The molecule has 2 aliphatic heterocycles. The van der Waals surface area contributed by atoms with Crippen LogP contribution in [0.2, 0.25) is 0 Å². The Kier molecular flexibility index (Phi) is 6.85. The minimum Gasteiger partial charge on any atom is -0.379 e.